The molecule has 8 unspecified atom stereocenters. The van der Waals surface area contributed by atoms with Gasteiger partial charge in [0.05, 0.1) is 0 Å². The maximum Gasteiger partial charge on any atom is 0.511 e. The molecule has 0 aromatic heterocycles. The van der Waals surface area contributed by atoms with Crippen molar-refractivity contribution in [1.29, 1.82) is 0 Å². The second kappa shape index (κ2) is 13.1. The summed E-state index contributed by atoms with van der Waals surface area (Å²) in [6, 6.07) is 0. The van der Waals surface area contributed by atoms with Gasteiger partial charge in [0.2, 0.25) is 6.79 Å². The summed E-state index contributed by atoms with van der Waals surface area (Å²) >= 11 is 0. The van der Waals surface area contributed by atoms with Crippen molar-refractivity contribution < 1.29 is 33.3 Å². The van der Waals surface area contributed by atoms with Gasteiger partial charge in [-0.25, -0.2) is 9.59 Å². The Labute approximate surface area is 305 Å². The van der Waals surface area contributed by atoms with E-state index in [9.17, 15) is 14.4 Å². The van der Waals surface area contributed by atoms with Crippen LogP contribution in [0.2, 0.25) is 0 Å². The first-order valence-electron chi connectivity index (χ1n) is 20.6. The van der Waals surface area contributed by atoms with E-state index >= 15 is 0 Å². The fraction of sp³-hybridized carbons (Fsp3) is 0.795. The highest BCUT2D eigenvalue weighted by Crippen LogP contribution is 2.67. The van der Waals surface area contributed by atoms with Crippen LogP contribution in [0.1, 0.15) is 119 Å². The summed E-state index contributed by atoms with van der Waals surface area (Å²) in [4.78, 5) is 38.3. The van der Waals surface area contributed by atoms with E-state index in [2.05, 4.69) is 54.2 Å². The highest BCUT2D eigenvalue weighted by atomic mass is 16.8. The predicted octanol–water partition coefficient (Wildman–Crippen LogP) is 10.2. The van der Waals surface area contributed by atoms with Crippen molar-refractivity contribution in [2.75, 3.05) is 6.79 Å². The van der Waals surface area contributed by atoms with E-state index < -0.39 is 19.1 Å². The number of fused-ring (bicyclic) bond motifs is 10. The molecular formula is C44H62O7. The third-order valence-electron chi connectivity index (χ3n) is 16.7. The Hall–Kier alpha value is -2.57. The third kappa shape index (κ3) is 5.84. The predicted molar refractivity (Wildman–Crippen MR) is 194 cm³/mol. The lowest BCUT2D eigenvalue weighted by molar-refractivity contribution is -0.124. The quantitative estimate of drug-likeness (QED) is 0.213. The summed E-state index contributed by atoms with van der Waals surface area (Å²) in [5.41, 5.74) is 4.09. The monoisotopic (exact) mass is 702 g/mol. The molecule has 280 valence electrons. The first-order valence-corrected chi connectivity index (χ1v) is 20.6. The summed E-state index contributed by atoms with van der Waals surface area (Å²) in [5.74, 6) is 7.10. The molecule has 16 atom stereocenters. The molecule has 8 rings (SSSR count). The SMILES string of the molecule is C=C1C=C2C[C@@H](C)C3C(C2CC1)[C@@H](C)C[C@@]1(C)C3CC[C@@H]1OC(=O)OCOC(=O)O[C@H]1CCC2C3C(C4CCC(=O)C=C4C[C@H]3C)[C@@H](C)C[C@@]21C. The summed E-state index contributed by atoms with van der Waals surface area (Å²) in [6.07, 6.45) is 14.4. The largest absolute Gasteiger partial charge is 0.511 e. The molecule has 0 aromatic carbocycles. The van der Waals surface area contributed by atoms with Gasteiger partial charge in [-0.05, 0) is 148 Å². The molecule has 0 aliphatic heterocycles. The first-order chi connectivity index (χ1) is 24.3. The van der Waals surface area contributed by atoms with Gasteiger partial charge in [0, 0.05) is 17.3 Å². The lowest BCUT2D eigenvalue weighted by Gasteiger charge is -2.58. The van der Waals surface area contributed by atoms with Crippen LogP contribution >= 0.6 is 0 Å². The second-order valence-corrected chi connectivity index (χ2v) is 19.4. The minimum absolute atomic E-state index is 0.0835. The van der Waals surface area contributed by atoms with Gasteiger partial charge in [-0.1, -0.05) is 70.9 Å². The molecule has 0 spiro atoms. The highest BCUT2D eigenvalue weighted by molar-refractivity contribution is 5.91. The minimum Gasteiger partial charge on any atom is -0.430 e. The molecule has 0 amide bonds. The van der Waals surface area contributed by atoms with E-state index in [-0.39, 0.29) is 23.0 Å². The summed E-state index contributed by atoms with van der Waals surface area (Å²) in [5, 5.41) is 0. The van der Waals surface area contributed by atoms with Crippen molar-refractivity contribution in [3.8, 4) is 0 Å². The molecule has 8 aliphatic carbocycles. The van der Waals surface area contributed by atoms with Crippen molar-refractivity contribution in [2.45, 2.75) is 131 Å². The van der Waals surface area contributed by atoms with Crippen LogP contribution in [0, 0.1) is 81.8 Å². The van der Waals surface area contributed by atoms with Crippen LogP contribution in [0.15, 0.2) is 35.5 Å². The van der Waals surface area contributed by atoms with Crippen LogP contribution in [0.3, 0.4) is 0 Å². The Morgan fingerprint density at radius 3 is 1.65 bits per heavy atom. The Kier molecular flexibility index (Phi) is 9.09. The zero-order valence-corrected chi connectivity index (χ0v) is 32.0. The van der Waals surface area contributed by atoms with E-state index in [0.717, 1.165) is 64.2 Å². The van der Waals surface area contributed by atoms with Crippen molar-refractivity contribution in [2.24, 2.45) is 81.8 Å². The smallest absolute Gasteiger partial charge is 0.430 e. The molecule has 7 heteroatoms. The van der Waals surface area contributed by atoms with Crippen molar-refractivity contribution in [3.05, 3.63) is 35.5 Å². The normalized spacial score (nSPS) is 48.4. The lowest BCUT2D eigenvalue weighted by Crippen LogP contribution is -2.54. The fourth-order valence-electron chi connectivity index (χ4n) is 15.1. The topological polar surface area (TPSA) is 88.1 Å². The van der Waals surface area contributed by atoms with Gasteiger partial charge in [0.1, 0.15) is 12.2 Å². The van der Waals surface area contributed by atoms with Gasteiger partial charge >= 0.3 is 12.3 Å². The van der Waals surface area contributed by atoms with Gasteiger partial charge in [-0.2, -0.15) is 0 Å². The maximum atomic E-state index is 13.0. The summed E-state index contributed by atoms with van der Waals surface area (Å²) in [7, 11) is 0. The Morgan fingerprint density at radius 2 is 1.14 bits per heavy atom. The van der Waals surface area contributed by atoms with Crippen LogP contribution in [0.5, 0.6) is 0 Å². The van der Waals surface area contributed by atoms with E-state index in [1.54, 1.807) is 5.57 Å². The number of ketones is 1. The number of ether oxygens (including phenoxy) is 4. The Bertz CT molecular complexity index is 1400. The molecule has 51 heavy (non-hydrogen) atoms. The first kappa shape index (κ1) is 35.5. The van der Waals surface area contributed by atoms with Gasteiger partial charge < -0.3 is 18.9 Å². The Balaban J connectivity index is 0.845. The van der Waals surface area contributed by atoms with Crippen molar-refractivity contribution in [3.63, 3.8) is 0 Å². The maximum absolute atomic E-state index is 13.0. The van der Waals surface area contributed by atoms with E-state index in [4.69, 9.17) is 18.9 Å². The van der Waals surface area contributed by atoms with Crippen LogP contribution in [0.4, 0.5) is 9.59 Å². The molecular weight excluding hydrogens is 640 g/mol. The van der Waals surface area contributed by atoms with Gasteiger partial charge in [0.15, 0.2) is 5.78 Å². The average Bonchev–Trinajstić information content (AvgIpc) is 3.55. The third-order valence-corrected chi connectivity index (χ3v) is 16.7. The molecule has 0 heterocycles. The number of carbonyl (C=O) groups excluding carboxylic acids is 3. The summed E-state index contributed by atoms with van der Waals surface area (Å²) < 4.78 is 22.8. The molecule has 6 fully saturated rings. The van der Waals surface area contributed by atoms with E-state index in [1.807, 2.05) is 6.08 Å². The molecule has 8 aliphatic rings. The van der Waals surface area contributed by atoms with Crippen LogP contribution in [-0.2, 0) is 23.7 Å². The standard InChI is InChI=1S/C44H62O7/c1-23-8-10-31-28(16-23)17-24(2)39-33-12-14-35(43(33,6)20-26(4)37(31)39)50-41(46)48-22-49-42(47)51-36-15-13-34-40-25(3)18-29-19-30(45)9-11-32(29)38(40)27(5)21-44(34,36)7/h16,19,24-27,31-40H,1,8-15,17-18,20-22H2,2-7H3/t24-,25-,26+,27+,31?,32?,33?,34?,35+,36+,37?,38?,39?,40?,43+,44+/m1/s1. The Morgan fingerprint density at radius 1 is 0.667 bits per heavy atom. The molecule has 6 saturated carbocycles. The van der Waals surface area contributed by atoms with E-state index in [1.165, 1.54) is 17.6 Å². The van der Waals surface area contributed by atoms with Crippen molar-refractivity contribution >= 4 is 18.1 Å². The number of hydrogen-bond acceptors (Lipinski definition) is 7. The van der Waals surface area contributed by atoms with Gasteiger partial charge in [0.25, 0.3) is 0 Å². The number of allylic oxidation sites excluding steroid dienone is 4. The fourth-order valence-corrected chi connectivity index (χ4v) is 15.1. The number of rotatable bonds is 4. The highest BCUT2D eigenvalue weighted by Gasteiger charge is 2.62. The minimum atomic E-state index is -0.775. The van der Waals surface area contributed by atoms with Crippen LogP contribution in [0.25, 0.3) is 0 Å². The average molecular weight is 703 g/mol. The molecule has 7 nitrogen and oxygen atoms in total. The number of hydrogen-bond donors (Lipinski definition) is 0. The van der Waals surface area contributed by atoms with Crippen molar-refractivity contribution in [1.82, 2.24) is 0 Å². The molecule has 0 saturated heterocycles. The van der Waals surface area contributed by atoms with Crippen LogP contribution in [-0.4, -0.2) is 37.1 Å². The molecule has 0 N–H and O–H groups in total. The molecule has 0 aromatic rings. The van der Waals surface area contributed by atoms with Crippen LogP contribution < -0.4 is 0 Å². The van der Waals surface area contributed by atoms with E-state index in [0.29, 0.717) is 83.2 Å². The zero-order valence-electron chi connectivity index (χ0n) is 32.0. The second-order valence-electron chi connectivity index (χ2n) is 19.4. The zero-order chi connectivity index (χ0) is 36.0. The van der Waals surface area contributed by atoms with Gasteiger partial charge in [-0.15, -0.1) is 0 Å². The number of carbonyl (C=O) groups is 3. The molecule has 0 bridgehead atoms. The lowest BCUT2D eigenvalue weighted by atomic mass is 9.47. The van der Waals surface area contributed by atoms with Gasteiger partial charge in [-0.3, -0.25) is 4.79 Å². The molecule has 0 radical (unpaired) electrons. The summed E-state index contributed by atoms with van der Waals surface area (Å²) in [6.45, 7) is 18.0.